The number of benzene rings is 3. The molecule has 0 aromatic heterocycles. The highest BCUT2D eigenvalue weighted by atomic mass is 32.2. The molecule has 0 atom stereocenters. The van der Waals surface area contributed by atoms with Gasteiger partial charge in [-0.1, -0.05) is 30.0 Å². The lowest BCUT2D eigenvalue weighted by Gasteiger charge is -2.20. The van der Waals surface area contributed by atoms with Crippen molar-refractivity contribution in [1.29, 1.82) is 0 Å². The van der Waals surface area contributed by atoms with E-state index in [0.717, 1.165) is 11.8 Å². The summed E-state index contributed by atoms with van der Waals surface area (Å²) in [6.45, 7) is 0. The topological polar surface area (TPSA) is 119 Å². The number of aromatic carboxylic acids is 1. The normalized spacial score (nSPS) is 14.2. The lowest BCUT2D eigenvalue weighted by atomic mass is 10.1. The van der Waals surface area contributed by atoms with Gasteiger partial charge in [-0.3, -0.25) is 4.79 Å². The highest BCUT2D eigenvalue weighted by Crippen LogP contribution is 2.41. The average molecular weight is 512 g/mol. The van der Waals surface area contributed by atoms with Gasteiger partial charge in [-0.2, -0.15) is 0 Å². The van der Waals surface area contributed by atoms with Gasteiger partial charge < -0.3 is 19.9 Å². The summed E-state index contributed by atoms with van der Waals surface area (Å²) in [5.41, 5.74) is 1.71. The molecule has 0 unspecified atom stereocenters. The fraction of sp³-hybridized carbons (Fsp3) is 0.120. The number of carboxylic acids is 1. The molecule has 3 aromatic carbocycles. The number of rotatable bonds is 7. The molecule has 8 nitrogen and oxygen atoms in total. The predicted octanol–water partition coefficient (Wildman–Crippen LogP) is 4.46. The van der Waals surface area contributed by atoms with Crippen molar-refractivity contribution < 1.29 is 32.6 Å². The number of nitrogens with one attached hydrogen (secondary N) is 1. The Kier molecular flexibility index (Phi) is 6.86. The van der Waals surface area contributed by atoms with Gasteiger partial charge in [0.1, 0.15) is 11.5 Å². The first-order valence-corrected chi connectivity index (χ1v) is 12.8. The van der Waals surface area contributed by atoms with Crippen molar-refractivity contribution in [3.05, 3.63) is 82.3 Å². The molecule has 10 heteroatoms. The summed E-state index contributed by atoms with van der Waals surface area (Å²) in [5.74, 6) is -0.880. The minimum absolute atomic E-state index is 0.0954. The third-order valence-electron chi connectivity index (χ3n) is 5.32. The molecule has 4 rings (SSSR count). The van der Waals surface area contributed by atoms with Crippen LogP contribution in [0.25, 0.3) is 6.08 Å². The molecule has 0 fully saturated rings. The number of thioether (sulfide) groups is 1. The van der Waals surface area contributed by atoms with Crippen LogP contribution in [0.3, 0.4) is 0 Å². The number of carbonyl (C=O) groups excluding carboxylic acids is 1. The third kappa shape index (κ3) is 5.18. The monoisotopic (exact) mass is 511 g/mol. The fourth-order valence-electron chi connectivity index (χ4n) is 3.54. The summed E-state index contributed by atoms with van der Waals surface area (Å²) in [7, 11) is -0.847. The number of anilines is 1. The molecular weight excluding hydrogens is 490 g/mol. The van der Waals surface area contributed by atoms with E-state index in [1.807, 2.05) is 0 Å². The first kappa shape index (κ1) is 24.4. The highest BCUT2D eigenvalue weighted by Gasteiger charge is 2.26. The van der Waals surface area contributed by atoms with E-state index in [-0.39, 0.29) is 22.1 Å². The second kappa shape index (κ2) is 9.85. The van der Waals surface area contributed by atoms with Gasteiger partial charge in [0.25, 0.3) is 5.91 Å². The summed E-state index contributed by atoms with van der Waals surface area (Å²) in [4.78, 5) is 24.6. The lowest BCUT2D eigenvalue weighted by molar-refractivity contribution is -0.112. The van der Waals surface area contributed by atoms with Gasteiger partial charge in [-0.05, 0) is 54.1 Å². The Morgan fingerprint density at radius 3 is 2.29 bits per heavy atom. The van der Waals surface area contributed by atoms with E-state index in [1.165, 1.54) is 38.5 Å². The van der Waals surface area contributed by atoms with Crippen molar-refractivity contribution in [2.75, 3.05) is 19.5 Å². The van der Waals surface area contributed by atoms with Crippen LogP contribution in [0.4, 0.5) is 5.69 Å². The number of hydrogen-bond donors (Lipinski definition) is 2. The minimum atomic E-state index is -3.78. The summed E-state index contributed by atoms with van der Waals surface area (Å²) in [6, 6.07) is 15.7. The van der Waals surface area contributed by atoms with E-state index in [4.69, 9.17) is 14.6 Å². The second-order valence-electron chi connectivity index (χ2n) is 7.55. The molecule has 0 radical (unpaired) electrons. The zero-order valence-electron chi connectivity index (χ0n) is 18.8. The van der Waals surface area contributed by atoms with Gasteiger partial charge in [0.15, 0.2) is 9.84 Å². The molecule has 1 amide bonds. The Morgan fingerprint density at radius 2 is 1.69 bits per heavy atom. The van der Waals surface area contributed by atoms with Crippen molar-refractivity contribution in [3.8, 4) is 11.5 Å². The smallest absolute Gasteiger partial charge is 0.335 e. The average Bonchev–Trinajstić information content (AvgIpc) is 2.84. The van der Waals surface area contributed by atoms with Crippen molar-refractivity contribution in [2.24, 2.45) is 0 Å². The second-order valence-corrected chi connectivity index (χ2v) is 10.6. The molecule has 0 aliphatic carbocycles. The van der Waals surface area contributed by atoms with E-state index in [0.29, 0.717) is 38.1 Å². The SMILES string of the molecule is COc1cccc(OC)c1CS(=O)(=O)c1ccc2c(c1)S/C(=C/c1ccc(C(=O)O)cc1)C(=O)N2. The quantitative estimate of drug-likeness (QED) is 0.446. The number of sulfone groups is 1. The highest BCUT2D eigenvalue weighted by molar-refractivity contribution is 8.04. The van der Waals surface area contributed by atoms with Crippen LogP contribution in [0.1, 0.15) is 21.5 Å². The fourth-order valence-corrected chi connectivity index (χ4v) is 6.01. The molecule has 1 aliphatic rings. The van der Waals surface area contributed by atoms with Crippen LogP contribution < -0.4 is 14.8 Å². The number of carboxylic acid groups (broad SMARTS) is 1. The van der Waals surface area contributed by atoms with Crippen LogP contribution >= 0.6 is 11.8 Å². The van der Waals surface area contributed by atoms with E-state index >= 15 is 0 Å². The predicted molar refractivity (Wildman–Crippen MR) is 133 cm³/mol. The zero-order valence-corrected chi connectivity index (χ0v) is 20.4. The molecule has 180 valence electrons. The Labute approximate surface area is 206 Å². The van der Waals surface area contributed by atoms with Gasteiger partial charge in [0, 0.05) is 4.90 Å². The van der Waals surface area contributed by atoms with Gasteiger partial charge in [-0.15, -0.1) is 0 Å². The zero-order chi connectivity index (χ0) is 25.2. The number of amides is 1. The standard InChI is InChI=1S/C25H21NO7S2/c1-32-20-4-3-5-21(33-2)18(20)14-35(30,31)17-10-11-19-22(13-17)34-23(24(27)26-19)12-15-6-8-16(9-7-15)25(28)29/h3-13H,14H2,1-2H3,(H,26,27)(H,28,29)/b23-12+. The van der Waals surface area contributed by atoms with Crippen molar-refractivity contribution >= 4 is 45.2 Å². The number of methoxy groups -OCH3 is 2. The van der Waals surface area contributed by atoms with Crippen LogP contribution in [0, 0.1) is 0 Å². The molecule has 35 heavy (non-hydrogen) atoms. The maximum absolute atomic E-state index is 13.3. The number of carbonyl (C=O) groups is 2. The largest absolute Gasteiger partial charge is 0.496 e. The van der Waals surface area contributed by atoms with E-state index in [9.17, 15) is 18.0 Å². The van der Waals surface area contributed by atoms with E-state index in [2.05, 4.69) is 5.32 Å². The Hall–Kier alpha value is -3.76. The molecule has 0 spiro atoms. The molecule has 2 N–H and O–H groups in total. The summed E-state index contributed by atoms with van der Waals surface area (Å²) >= 11 is 1.14. The van der Waals surface area contributed by atoms with Gasteiger partial charge >= 0.3 is 5.97 Å². The lowest BCUT2D eigenvalue weighted by Crippen LogP contribution is -2.17. The molecule has 0 saturated carbocycles. The van der Waals surface area contributed by atoms with Crippen LogP contribution in [-0.2, 0) is 20.4 Å². The molecule has 1 aliphatic heterocycles. The molecule has 1 heterocycles. The Bertz CT molecular complexity index is 1420. The number of ether oxygens (including phenoxy) is 2. The number of fused-ring (bicyclic) bond motifs is 1. The van der Waals surface area contributed by atoms with Crippen LogP contribution in [0.15, 0.2) is 75.4 Å². The summed E-state index contributed by atoms with van der Waals surface area (Å²) in [5, 5.41) is 11.8. The summed E-state index contributed by atoms with van der Waals surface area (Å²) < 4.78 is 37.2. The van der Waals surface area contributed by atoms with E-state index < -0.39 is 15.8 Å². The van der Waals surface area contributed by atoms with Crippen molar-refractivity contribution in [1.82, 2.24) is 0 Å². The minimum Gasteiger partial charge on any atom is -0.496 e. The maximum Gasteiger partial charge on any atom is 0.335 e. The molecule has 0 bridgehead atoms. The first-order chi connectivity index (χ1) is 16.7. The molecule has 3 aromatic rings. The van der Waals surface area contributed by atoms with Gasteiger partial charge in [0.2, 0.25) is 0 Å². The maximum atomic E-state index is 13.3. The summed E-state index contributed by atoms with van der Waals surface area (Å²) in [6.07, 6.45) is 1.62. The van der Waals surface area contributed by atoms with Crippen LogP contribution in [0.5, 0.6) is 11.5 Å². The van der Waals surface area contributed by atoms with Gasteiger partial charge in [0.05, 0.1) is 46.6 Å². The third-order valence-corrected chi connectivity index (χ3v) is 8.05. The number of hydrogen-bond acceptors (Lipinski definition) is 7. The van der Waals surface area contributed by atoms with Crippen molar-refractivity contribution in [2.45, 2.75) is 15.5 Å². The van der Waals surface area contributed by atoms with E-state index in [1.54, 1.807) is 42.5 Å². The Morgan fingerprint density at radius 1 is 1.03 bits per heavy atom. The van der Waals surface area contributed by atoms with Crippen LogP contribution in [-0.4, -0.2) is 39.6 Å². The van der Waals surface area contributed by atoms with Gasteiger partial charge in [-0.25, -0.2) is 13.2 Å². The first-order valence-electron chi connectivity index (χ1n) is 10.3. The van der Waals surface area contributed by atoms with Crippen molar-refractivity contribution in [3.63, 3.8) is 0 Å². The molecular formula is C25H21NO7S2. The Balaban J connectivity index is 1.64. The molecule has 0 saturated heterocycles. The van der Waals surface area contributed by atoms with Crippen LogP contribution in [0.2, 0.25) is 0 Å².